The first-order chi connectivity index (χ1) is 18.7. The predicted octanol–water partition coefficient (Wildman–Crippen LogP) is 3.69. The zero-order valence-corrected chi connectivity index (χ0v) is 20.8. The van der Waals surface area contributed by atoms with Crippen molar-refractivity contribution >= 4 is 22.5 Å². The van der Waals surface area contributed by atoms with Crippen molar-refractivity contribution < 1.29 is 28.4 Å². The van der Waals surface area contributed by atoms with Crippen molar-refractivity contribution in [2.45, 2.75) is 44.5 Å². The molecule has 0 bridgehead atoms. The van der Waals surface area contributed by atoms with Crippen LogP contribution in [-0.2, 0) is 11.3 Å². The molecule has 13 heteroatoms. The number of anilines is 1. The van der Waals surface area contributed by atoms with Gasteiger partial charge in [0.25, 0.3) is 6.43 Å². The predicted molar refractivity (Wildman–Crippen MR) is 132 cm³/mol. The van der Waals surface area contributed by atoms with E-state index in [9.17, 15) is 8.78 Å². The highest BCUT2D eigenvalue weighted by atomic mass is 19.3. The fraction of sp³-hybridized carbons (Fsp3) is 0.480. The van der Waals surface area contributed by atoms with E-state index in [1.54, 1.807) is 30.2 Å². The summed E-state index contributed by atoms with van der Waals surface area (Å²) in [5.74, 6) is -0.0210. The molecule has 5 heterocycles. The number of hydrogen-bond donors (Lipinski definition) is 1. The Morgan fingerprint density at radius 2 is 2.11 bits per heavy atom. The van der Waals surface area contributed by atoms with Gasteiger partial charge in [0.05, 0.1) is 45.8 Å². The Morgan fingerprint density at radius 1 is 1.29 bits per heavy atom. The molecule has 202 valence electrons. The molecule has 2 saturated heterocycles. The van der Waals surface area contributed by atoms with Gasteiger partial charge in [-0.2, -0.15) is 4.98 Å². The number of fused-ring (bicyclic) bond motifs is 2. The van der Waals surface area contributed by atoms with Gasteiger partial charge >= 0.3 is 0 Å². The molecule has 2 aliphatic heterocycles. The number of imidazole rings is 1. The van der Waals surface area contributed by atoms with Crippen molar-refractivity contribution in [2.24, 2.45) is 0 Å². The molecule has 6 rings (SSSR count). The number of aromatic nitrogens is 5. The molecule has 0 amide bonds. The molecule has 0 aliphatic carbocycles. The van der Waals surface area contributed by atoms with Crippen LogP contribution in [0.1, 0.15) is 13.6 Å². The van der Waals surface area contributed by atoms with Crippen molar-refractivity contribution in [1.82, 2.24) is 29.0 Å². The van der Waals surface area contributed by atoms with E-state index in [0.717, 1.165) is 0 Å². The lowest BCUT2D eigenvalue weighted by Gasteiger charge is -2.42. The van der Waals surface area contributed by atoms with Gasteiger partial charge in [0.1, 0.15) is 23.0 Å². The third-order valence-electron chi connectivity index (χ3n) is 7.14. The van der Waals surface area contributed by atoms with Crippen LogP contribution in [0, 0.1) is 12.7 Å². The Hall–Kier alpha value is -3.45. The number of nitrogens with one attached hydrogen (secondary N) is 1. The first kappa shape index (κ1) is 23.7. The van der Waals surface area contributed by atoms with Gasteiger partial charge < -0.3 is 19.4 Å². The van der Waals surface area contributed by atoms with Gasteiger partial charge in [-0.3, -0.25) is 4.90 Å². The minimum atomic E-state index is -2.63. The quantitative estimate of drug-likeness (QED) is 0.362. The minimum absolute atomic E-state index is 0.0168. The van der Waals surface area contributed by atoms with Crippen LogP contribution in [0.3, 0.4) is 0 Å². The monoisotopic (exact) mass is 534 g/mol. The number of methoxy groups -OCH3 is 1. The van der Waals surface area contributed by atoms with Gasteiger partial charge in [-0.15, -0.1) is 5.10 Å². The molecule has 1 aromatic carbocycles. The SMILES string of the molecule is [2H]C1(N2CC[C@H](Nc3nc(OC)c4c(-c5cc(F)c6nc(C)n(CC(F)F)c6c5)ccn4n3)[C@H](F)C2)COC1. The highest BCUT2D eigenvalue weighted by Gasteiger charge is 2.35. The largest absolute Gasteiger partial charge is 0.479 e. The number of hydrogen-bond acceptors (Lipinski definition) is 7. The van der Waals surface area contributed by atoms with Crippen molar-refractivity contribution in [3.8, 4) is 17.0 Å². The standard InChI is InChI=1S/C25H27F4N7O2/c1-13-30-22-17(26)7-14(8-20(22)35(13)10-21(28)29)16-3-6-36-23(16)24(37-2)32-25(33-36)31-19-4-5-34(9-18(19)27)15-11-38-12-15/h3,6-8,15,18-19,21H,4-5,9-12H2,1-2H3,(H,31,33)/t18-,19+/m1/s1/i15D. The number of ether oxygens (including phenoxy) is 2. The summed E-state index contributed by atoms with van der Waals surface area (Å²) >= 11 is 0. The molecular formula is C25H27F4N7O2. The summed E-state index contributed by atoms with van der Waals surface area (Å²) in [7, 11) is 1.43. The van der Waals surface area contributed by atoms with E-state index in [1.165, 1.54) is 22.3 Å². The molecule has 0 unspecified atom stereocenters. The molecule has 0 spiro atoms. The molecule has 0 saturated carbocycles. The maximum atomic E-state index is 15.1. The lowest BCUT2D eigenvalue weighted by atomic mass is 10.0. The summed E-state index contributed by atoms with van der Waals surface area (Å²) in [5.41, 5.74) is 1.65. The van der Waals surface area contributed by atoms with Crippen LogP contribution in [0.2, 0.25) is 0 Å². The zero-order valence-electron chi connectivity index (χ0n) is 21.8. The Balaban J connectivity index is 1.31. The fourth-order valence-corrected chi connectivity index (χ4v) is 5.15. The van der Waals surface area contributed by atoms with Gasteiger partial charge in [-0.25, -0.2) is 27.1 Å². The lowest BCUT2D eigenvalue weighted by molar-refractivity contribution is -0.0794. The summed E-state index contributed by atoms with van der Waals surface area (Å²) in [6, 6.07) is 3.17. The molecule has 2 aliphatic rings. The zero-order chi connectivity index (χ0) is 27.5. The van der Waals surface area contributed by atoms with Gasteiger partial charge in [0.15, 0.2) is 5.82 Å². The molecule has 2 fully saturated rings. The highest BCUT2D eigenvalue weighted by molar-refractivity contribution is 5.90. The van der Waals surface area contributed by atoms with E-state index >= 15 is 8.78 Å². The maximum Gasteiger partial charge on any atom is 0.256 e. The van der Waals surface area contributed by atoms with Gasteiger partial charge in [0.2, 0.25) is 11.8 Å². The van der Waals surface area contributed by atoms with Crippen molar-refractivity contribution in [3.05, 3.63) is 36.0 Å². The summed E-state index contributed by atoms with van der Waals surface area (Å²) in [4.78, 5) is 10.4. The third kappa shape index (κ3) is 4.33. The molecule has 4 aromatic rings. The molecule has 0 radical (unpaired) electrons. The average Bonchev–Trinajstić information content (AvgIpc) is 3.44. The number of aryl methyl sites for hydroxylation is 1. The number of rotatable bonds is 7. The van der Waals surface area contributed by atoms with Crippen molar-refractivity contribution in [1.29, 1.82) is 0 Å². The van der Waals surface area contributed by atoms with Crippen LogP contribution in [0.25, 0.3) is 27.7 Å². The molecule has 38 heavy (non-hydrogen) atoms. The second kappa shape index (κ2) is 9.70. The number of alkyl halides is 3. The van der Waals surface area contributed by atoms with Crippen molar-refractivity contribution in [3.63, 3.8) is 0 Å². The minimum Gasteiger partial charge on any atom is -0.479 e. The van der Waals surface area contributed by atoms with E-state index in [0.29, 0.717) is 29.6 Å². The van der Waals surface area contributed by atoms with E-state index in [1.807, 2.05) is 0 Å². The molecular weight excluding hydrogens is 506 g/mol. The Labute approximate surface area is 216 Å². The van der Waals surface area contributed by atoms with E-state index < -0.39 is 37.0 Å². The molecule has 2 atom stereocenters. The van der Waals surface area contributed by atoms with Crippen LogP contribution in [0.5, 0.6) is 5.88 Å². The summed E-state index contributed by atoms with van der Waals surface area (Å²) < 4.78 is 78.3. The normalized spacial score (nSPS) is 22.1. The Morgan fingerprint density at radius 3 is 2.79 bits per heavy atom. The van der Waals surface area contributed by atoms with Crippen LogP contribution >= 0.6 is 0 Å². The first-order valence-electron chi connectivity index (χ1n) is 12.8. The number of piperidine rings is 1. The highest BCUT2D eigenvalue weighted by Crippen LogP contribution is 2.35. The number of likely N-dealkylation sites (tertiary alicyclic amines) is 1. The molecule has 1 N–H and O–H groups in total. The lowest BCUT2D eigenvalue weighted by Crippen LogP contribution is -2.57. The second-order valence-corrected chi connectivity index (χ2v) is 9.51. The van der Waals surface area contributed by atoms with E-state index in [2.05, 4.69) is 20.4 Å². The van der Waals surface area contributed by atoms with Crippen LogP contribution in [-0.4, -0.2) is 87.1 Å². The van der Waals surface area contributed by atoms with Crippen LogP contribution in [0.4, 0.5) is 23.5 Å². The maximum absolute atomic E-state index is 15.1. The average molecular weight is 535 g/mol. The molecule has 9 nitrogen and oxygen atoms in total. The van der Waals surface area contributed by atoms with Gasteiger partial charge in [-0.1, -0.05) is 0 Å². The summed E-state index contributed by atoms with van der Waals surface area (Å²) in [6.07, 6.45) is -1.78. The summed E-state index contributed by atoms with van der Waals surface area (Å²) in [5, 5.41) is 7.52. The Kier molecular flexibility index (Phi) is 6.03. The van der Waals surface area contributed by atoms with Crippen LogP contribution in [0.15, 0.2) is 24.4 Å². The number of halogens is 4. The fourth-order valence-electron chi connectivity index (χ4n) is 5.15. The summed E-state index contributed by atoms with van der Waals surface area (Å²) in [6.45, 7) is 2.14. The Bertz CT molecular complexity index is 1540. The van der Waals surface area contributed by atoms with Crippen molar-refractivity contribution in [2.75, 3.05) is 38.7 Å². The third-order valence-corrected chi connectivity index (χ3v) is 7.14. The topological polar surface area (TPSA) is 81.7 Å². The van der Waals surface area contributed by atoms with E-state index in [4.69, 9.17) is 10.8 Å². The van der Waals surface area contributed by atoms with Crippen LogP contribution < -0.4 is 10.1 Å². The number of benzene rings is 1. The second-order valence-electron chi connectivity index (χ2n) is 9.51. The molecule has 3 aromatic heterocycles. The van der Waals surface area contributed by atoms with E-state index in [-0.39, 0.29) is 48.4 Å². The smallest absolute Gasteiger partial charge is 0.256 e. The van der Waals surface area contributed by atoms with Gasteiger partial charge in [-0.05, 0) is 37.1 Å². The van der Waals surface area contributed by atoms with Gasteiger partial charge in [0, 0.05) is 24.8 Å². The number of nitrogens with zero attached hydrogens (tertiary/aromatic N) is 6. The first-order valence-corrected chi connectivity index (χ1v) is 12.3.